The van der Waals surface area contributed by atoms with Crippen LogP contribution in [0.4, 0.5) is 0 Å². The molecule has 196 valence electrons. The minimum Gasteiger partial charge on any atom is -0.480 e. The topological polar surface area (TPSA) is 220 Å². The molecular weight excluding hydrogens is 464 g/mol. The third-order valence-electron chi connectivity index (χ3n) is 5.40. The molecule has 0 fully saturated rings. The number of nitrogens with one attached hydrogen (secondary N) is 3. The van der Waals surface area contributed by atoms with Gasteiger partial charge in [-0.3, -0.25) is 19.2 Å². The number of hydrogen-bond acceptors (Lipinski definition) is 8. The molecule has 0 saturated heterocycles. The molecule has 34 heavy (non-hydrogen) atoms. The van der Waals surface area contributed by atoms with Crippen molar-refractivity contribution in [2.75, 3.05) is 18.6 Å². The normalized spacial score (nSPS) is 15.3. The van der Waals surface area contributed by atoms with Gasteiger partial charge < -0.3 is 38.3 Å². The average molecular weight is 505 g/mol. The zero-order valence-electron chi connectivity index (χ0n) is 20.2. The Morgan fingerprint density at radius 2 is 1.44 bits per heavy atom. The highest BCUT2D eigenvalue weighted by molar-refractivity contribution is 7.98. The van der Waals surface area contributed by atoms with E-state index in [9.17, 15) is 29.1 Å². The SMILES string of the molecule is CCC(C)C(N)C(=O)NC(CCCCN)C(=O)NC(CCSC)C(=O)NC(CC(N)=O)C(=O)O. The maximum absolute atomic E-state index is 13.0. The zero-order valence-corrected chi connectivity index (χ0v) is 21.0. The molecule has 0 aliphatic rings. The van der Waals surface area contributed by atoms with E-state index in [4.69, 9.17) is 17.2 Å². The minimum absolute atomic E-state index is 0.0916. The third-order valence-corrected chi connectivity index (χ3v) is 6.05. The molecular formula is C21H40N6O6S. The second-order valence-electron chi connectivity index (χ2n) is 8.17. The number of amides is 4. The molecule has 10 N–H and O–H groups in total. The van der Waals surface area contributed by atoms with Crippen LogP contribution in [0, 0.1) is 5.92 Å². The molecule has 0 rings (SSSR count). The van der Waals surface area contributed by atoms with Crippen LogP contribution in [-0.2, 0) is 24.0 Å². The molecule has 5 atom stereocenters. The van der Waals surface area contributed by atoms with Crippen molar-refractivity contribution in [3.05, 3.63) is 0 Å². The van der Waals surface area contributed by atoms with Crippen molar-refractivity contribution in [2.24, 2.45) is 23.1 Å². The molecule has 0 heterocycles. The van der Waals surface area contributed by atoms with E-state index in [-0.39, 0.29) is 18.8 Å². The lowest BCUT2D eigenvalue weighted by atomic mass is 9.98. The summed E-state index contributed by atoms with van der Waals surface area (Å²) < 4.78 is 0. The smallest absolute Gasteiger partial charge is 0.326 e. The fourth-order valence-corrected chi connectivity index (χ4v) is 3.46. The van der Waals surface area contributed by atoms with Gasteiger partial charge in [-0.05, 0) is 50.2 Å². The van der Waals surface area contributed by atoms with Gasteiger partial charge in [-0.25, -0.2) is 4.79 Å². The van der Waals surface area contributed by atoms with Gasteiger partial charge in [-0.2, -0.15) is 11.8 Å². The zero-order chi connectivity index (χ0) is 26.3. The fourth-order valence-electron chi connectivity index (χ4n) is 2.99. The van der Waals surface area contributed by atoms with E-state index < -0.39 is 60.2 Å². The van der Waals surface area contributed by atoms with Crippen LogP contribution < -0.4 is 33.2 Å². The van der Waals surface area contributed by atoms with Gasteiger partial charge in [0, 0.05) is 0 Å². The van der Waals surface area contributed by atoms with Crippen LogP contribution in [0.15, 0.2) is 0 Å². The molecule has 4 amide bonds. The molecule has 0 spiro atoms. The number of nitrogens with two attached hydrogens (primary N) is 3. The van der Waals surface area contributed by atoms with Gasteiger partial charge in [0.05, 0.1) is 12.5 Å². The van der Waals surface area contributed by atoms with Crippen LogP contribution in [0.25, 0.3) is 0 Å². The lowest BCUT2D eigenvalue weighted by Crippen LogP contribution is -2.58. The second-order valence-corrected chi connectivity index (χ2v) is 9.16. The van der Waals surface area contributed by atoms with Crippen LogP contribution in [-0.4, -0.2) is 77.4 Å². The average Bonchev–Trinajstić information content (AvgIpc) is 2.78. The quantitative estimate of drug-likeness (QED) is 0.110. The maximum atomic E-state index is 13.0. The van der Waals surface area contributed by atoms with E-state index in [1.54, 1.807) is 0 Å². The molecule has 13 heteroatoms. The van der Waals surface area contributed by atoms with Crippen molar-refractivity contribution in [1.29, 1.82) is 0 Å². The largest absolute Gasteiger partial charge is 0.480 e. The van der Waals surface area contributed by atoms with Gasteiger partial charge in [0.1, 0.15) is 18.1 Å². The van der Waals surface area contributed by atoms with Crippen LogP contribution in [0.1, 0.15) is 52.4 Å². The summed E-state index contributed by atoms with van der Waals surface area (Å²) in [5, 5.41) is 16.8. The van der Waals surface area contributed by atoms with Crippen LogP contribution in [0.3, 0.4) is 0 Å². The van der Waals surface area contributed by atoms with E-state index in [1.165, 1.54) is 11.8 Å². The number of carboxylic acid groups (broad SMARTS) is 1. The van der Waals surface area contributed by atoms with Crippen molar-refractivity contribution < 1.29 is 29.1 Å². The van der Waals surface area contributed by atoms with Crippen LogP contribution in [0.2, 0.25) is 0 Å². The standard InChI is InChI=1S/C21H40N6O6S/c1-4-12(2)17(24)20(31)26-13(7-5-6-9-22)18(29)25-14(8-10-34-3)19(30)27-15(21(32)33)11-16(23)28/h12-15,17H,4-11,22,24H2,1-3H3,(H2,23,28)(H,25,29)(H,26,31)(H,27,30)(H,32,33). The van der Waals surface area contributed by atoms with Crippen molar-refractivity contribution in [3.8, 4) is 0 Å². The molecule has 0 aromatic rings. The van der Waals surface area contributed by atoms with E-state index in [0.717, 1.165) is 0 Å². The molecule has 0 aliphatic carbocycles. The highest BCUT2D eigenvalue weighted by atomic mass is 32.2. The molecule has 12 nitrogen and oxygen atoms in total. The third kappa shape index (κ3) is 12.2. The minimum atomic E-state index is -1.52. The lowest BCUT2D eigenvalue weighted by molar-refractivity contribution is -0.143. The van der Waals surface area contributed by atoms with Gasteiger partial charge >= 0.3 is 5.97 Å². The van der Waals surface area contributed by atoms with Gasteiger partial charge in [0.25, 0.3) is 0 Å². The number of carbonyl (C=O) groups is 5. The van der Waals surface area contributed by atoms with E-state index >= 15 is 0 Å². The van der Waals surface area contributed by atoms with E-state index in [2.05, 4.69) is 16.0 Å². The Kier molecular flexibility index (Phi) is 15.9. The Balaban J connectivity index is 5.51. The van der Waals surface area contributed by atoms with Crippen molar-refractivity contribution >= 4 is 41.4 Å². The number of primary amides is 1. The molecule has 0 aromatic carbocycles. The van der Waals surface area contributed by atoms with E-state index in [1.807, 2.05) is 20.1 Å². The summed E-state index contributed by atoms with van der Waals surface area (Å²) in [5.74, 6) is -3.74. The van der Waals surface area contributed by atoms with Gasteiger partial charge in [-0.15, -0.1) is 0 Å². The molecule has 0 aliphatic heterocycles. The first-order chi connectivity index (χ1) is 16.0. The van der Waals surface area contributed by atoms with Crippen LogP contribution >= 0.6 is 11.8 Å². The predicted octanol–water partition coefficient (Wildman–Crippen LogP) is -1.34. The fraction of sp³-hybridized carbons (Fsp3) is 0.762. The van der Waals surface area contributed by atoms with Gasteiger partial charge in [0.15, 0.2) is 0 Å². The van der Waals surface area contributed by atoms with Crippen LogP contribution in [0.5, 0.6) is 0 Å². The predicted molar refractivity (Wildman–Crippen MR) is 131 cm³/mol. The Morgan fingerprint density at radius 1 is 0.912 bits per heavy atom. The number of hydrogen-bond donors (Lipinski definition) is 7. The number of unbranched alkanes of at least 4 members (excludes halogenated alkanes) is 1. The number of rotatable bonds is 18. The highest BCUT2D eigenvalue weighted by Gasteiger charge is 2.31. The number of aliphatic carboxylic acids is 1. The first-order valence-corrected chi connectivity index (χ1v) is 12.7. The Bertz CT molecular complexity index is 695. The van der Waals surface area contributed by atoms with Gasteiger partial charge in [-0.1, -0.05) is 20.3 Å². The van der Waals surface area contributed by atoms with Gasteiger partial charge in [0.2, 0.25) is 23.6 Å². The second kappa shape index (κ2) is 17.1. The monoisotopic (exact) mass is 504 g/mol. The summed E-state index contributed by atoms with van der Waals surface area (Å²) >= 11 is 1.43. The lowest BCUT2D eigenvalue weighted by Gasteiger charge is -2.26. The Labute approximate surface area is 204 Å². The van der Waals surface area contributed by atoms with E-state index in [0.29, 0.717) is 31.6 Å². The van der Waals surface area contributed by atoms with Crippen molar-refractivity contribution in [3.63, 3.8) is 0 Å². The summed E-state index contributed by atoms with van der Waals surface area (Å²) in [6.07, 6.45) is 3.61. The summed E-state index contributed by atoms with van der Waals surface area (Å²) in [6, 6.07) is -4.34. The first-order valence-electron chi connectivity index (χ1n) is 11.3. The Hall–Kier alpha value is -2.38. The number of carbonyl (C=O) groups excluding carboxylic acids is 4. The maximum Gasteiger partial charge on any atom is 0.326 e. The molecule has 0 radical (unpaired) electrons. The summed E-state index contributed by atoms with van der Waals surface area (Å²) in [4.78, 5) is 60.9. The Morgan fingerprint density at radius 3 is 1.91 bits per heavy atom. The van der Waals surface area contributed by atoms with Crippen molar-refractivity contribution in [1.82, 2.24) is 16.0 Å². The number of carboxylic acids is 1. The highest BCUT2D eigenvalue weighted by Crippen LogP contribution is 2.09. The number of thioether (sulfide) groups is 1. The molecule has 0 saturated carbocycles. The summed E-state index contributed by atoms with van der Waals surface area (Å²) in [6.45, 7) is 4.16. The molecule has 0 bridgehead atoms. The summed E-state index contributed by atoms with van der Waals surface area (Å²) in [7, 11) is 0. The molecule has 0 aromatic heterocycles. The van der Waals surface area contributed by atoms with Crippen molar-refractivity contribution in [2.45, 2.75) is 76.5 Å². The first kappa shape index (κ1) is 31.6. The molecule has 5 unspecified atom stereocenters. The summed E-state index contributed by atoms with van der Waals surface area (Å²) in [5.41, 5.74) is 16.6.